The van der Waals surface area contributed by atoms with E-state index in [-0.39, 0.29) is 24.6 Å². The first-order valence-corrected chi connectivity index (χ1v) is 5.64. The number of rotatable bonds is 6. The predicted octanol–water partition coefficient (Wildman–Crippen LogP) is 1.71. The summed E-state index contributed by atoms with van der Waals surface area (Å²) in [7, 11) is 1.38. The van der Waals surface area contributed by atoms with Gasteiger partial charge in [0.1, 0.15) is 6.10 Å². The van der Waals surface area contributed by atoms with E-state index in [9.17, 15) is 4.79 Å². The maximum absolute atomic E-state index is 11.3. The Morgan fingerprint density at radius 1 is 1.47 bits per heavy atom. The van der Waals surface area contributed by atoms with E-state index in [4.69, 9.17) is 9.47 Å². The summed E-state index contributed by atoms with van der Waals surface area (Å²) in [5.41, 5.74) is 0.985. The zero-order chi connectivity index (χ0) is 12.1. The lowest BCUT2D eigenvalue weighted by Crippen LogP contribution is -2.14. The third kappa shape index (κ3) is 3.84. The molecule has 1 aromatic rings. The molecule has 0 amide bonds. The third-order valence-corrected chi connectivity index (χ3v) is 2.64. The second-order valence-corrected chi connectivity index (χ2v) is 3.97. The summed E-state index contributed by atoms with van der Waals surface area (Å²) in [4.78, 5) is 11.3. The molecule has 4 nitrogen and oxygen atoms in total. The van der Waals surface area contributed by atoms with E-state index in [1.807, 2.05) is 30.3 Å². The maximum atomic E-state index is 11.3. The molecule has 2 atom stereocenters. The van der Waals surface area contributed by atoms with Crippen LogP contribution in [-0.2, 0) is 19.0 Å². The van der Waals surface area contributed by atoms with Crippen LogP contribution < -0.4 is 0 Å². The van der Waals surface area contributed by atoms with Gasteiger partial charge in [0, 0.05) is 0 Å². The summed E-state index contributed by atoms with van der Waals surface area (Å²) in [6.45, 7) is 1.27. The molecule has 0 aliphatic carbocycles. The molecule has 0 radical (unpaired) electrons. The SMILES string of the molecule is COC(=O)CC(OCC1CO1)c1ccccc1. The first kappa shape index (κ1) is 12.1. The average Bonchev–Trinajstić information content (AvgIpc) is 3.19. The molecule has 0 spiro atoms. The zero-order valence-corrected chi connectivity index (χ0v) is 9.80. The van der Waals surface area contributed by atoms with Gasteiger partial charge in [0.2, 0.25) is 0 Å². The van der Waals surface area contributed by atoms with Crippen LogP contribution in [0.5, 0.6) is 0 Å². The number of methoxy groups -OCH3 is 1. The number of hydrogen-bond donors (Lipinski definition) is 0. The van der Waals surface area contributed by atoms with Gasteiger partial charge in [0.15, 0.2) is 0 Å². The molecule has 0 saturated carbocycles. The Morgan fingerprint density at radius 2 is 2.18 bits per heavy atom. The molecule has 92 valence electrons. The Morgan fingerprint density at radius 3 is 2.76 bits per heavy atom. The van der Waals surface area contributed by atoms with Gasteiger partial charge in [-0.15, -0.1) is 0 Å². The molecule has 1 aliphatic rings. The highest BCUT2D eigenvalue weighted by Crippen LogP contribution is 2.23. The monoisotopic (exact) mass is 236 g/mol. The maximum Gasteiger partial charge on any atom is 0.308 e. The summed E-state index contributed by atoms with van der Waals surface area (Å²) in [5.74, 6) is -0.268. The van der Waals surface area contributed by atoms with Crippen LogP contribution in [-0.4, -0.2) is 32.4 Å². The second kappa shape index (κ2) is 5.80. The number of epoxide rings is 1. The quantitative estimate of drug-likeness (QED) is 0.557. The van der Waals surface area contributed by atoms with Crippen molar-refractivity contribution in [1.29, 1.82) is 0 Å². The first-order chi connectivity index (χ1) is 8.29. The zero-order valence-electron chi connectivity index (χ0n) is 9.80. The topological polar surface area (TPSA) is 48.1 Å². The lowest BCUT2D eigenvalue weighted by Gasteiger charge is -2.16. The summed E-state index contributed by atoms with van der Waals surface area (Å²) in [6.07, 6.45) is 0.166. The van der Waals surface area contributed by atoms with Crippen molar-refractivity contribution in [2.45, 2.75) is 18.6 Å². The van der Waals surface area contributed by atoms with Gasteiger partial charge in [0.25, 0.3) is 0 Å². The van der Waals surface area contributed by atoms with Gasteiger partial charge < -0.3 is 14.2 Å². The standard InChI is InChI=1S/C13H16O4/c1-15-13(14)7-12(17-9-11-8-16-11)10-5-3-2-4-6-10/h2-6,11-12H,7-9H2,1H3. The lowest BCUT2D eigenvalue weighted by molar-refractivity contribution is -0.144. The van der Waals surface area contributed by atoms with Crippen molar-refractivity contribution in [3.8, 4) is 0 Å². The van der Waals surface area contributed by atoms with Gasteiger partial charge in [-0.1, -0.05) is 30.3 Å². The highest BCUT2D eigenvalue weighted by Gasteiger charge is 2.25. The smallest absolute Gasteiger partial charge is 0.308 e. The molecular formula is C13H16O4. The van der Waals surface area contributed by atoms with Crippen LogP contribution in [0.1, 0.15) is 18.1 Å². The fourth-order valence-electron chi connectivity index (χ4n) is 1.56. The first-order valence-electron chi connectivity index (χ1n) is 5.64. The van der Waals surface area contributed by atoms with Crippen LogP contribution in [0.2, 0.25) is 0 Å². The van der Waals surface area contributed by atoms with E-state index in [0.29, 0.717) is 6.61 Å². The molecular weight excluding hydrogens is 220 g/mol. The molecule has 4 heteroatoms. The highest BCUT2D eigenvalue weighted by molar-refractivity contribution is 5.70. The largest absolute Gasteiger partial charge is 0.469 e. The van der Waals surface area contributed by atoms with Crippen molar-refractivity contribution in [1.82, 2.24) is 0 Å². The van der Waals surface area contributed by atoms with Crippen molar-refractivity contribution < 1.29 is 19.0 Å². The fourth-order valence-corrected chi connectivity index (χ4v) is 1.56. The molecule has 1 saturated heterocycles. The van der Waals surface area contributed by atoms with E-state index in [2.05, 4.69) is 4.74 Å². The number of carbonyl (C=O) groups is 1. The highest BCUT2D eigenvalue weighted by atomic mass is 16.6. The van der Waals surface area contributed by atoms with E-state index in [0.717, 1.165) is 12.2 Å². The van der Waals surface area contributed by atoms with Crippen LogP contribution in [0, 0.1) is 0 Å². The number of carbonyl (C=O) groups excluding carboxylic acids is 1. The normalized spacial score (nSPS) is 19.7. The van der Waals surface area contributed by atoms with Gasteiger partial charge in [-0.2, -0.15) is 0 Å². The summed E-state index contributed by atoms with van der Waals surface area (Å²) in [5, 5.41) is 0. The number of benzene rings is 1. The van der Waals surface area contributed by atoms with Gasteiger partial charge in [0.05, 0.1) is 32.8 Å². The van der Waals surface area contributed by atoms with E-state index in [1.54, 1.807) is 0 Å². The molecule has 17 heavy (non-hydrogen) atoms. The number of ether oxygens (including phenoxy) is 3. The van der Waals surface area contributed by atoms with Crippen LogP contribution in [0.25, 0.3) is 0 Å². The van der Waals surface area contributed by atoms with Crippen molar-refractivity contribution >= 4 is 5.97 Å². The molecule has 1 aromatic carbocycles. The molecule has 0 N–H and O–H groups in total. The van der Waals surface area contributed by atoms with Crippen molar-refractivity contribution in [2.24, 2.45) is 0 Å². The van der Waals surface area contributed by atoms with Crippen LogP contribution >= 0.6 is 0 Å². The lowest BCUT2D eigenvalue weighted by atomic mass is 10.1. The predicted molar refractivity (Wildman–Crippen MR) is 61.5 cm³/mol. The Balaban J connectivity index is 1.97. The van der Waals surface area contributed by atoms with Crippen molar-refractivity contribution in [3.63, 3.8) is 0 Å². The van der Waals surface area contributed by atoms with Crippen LogP contribution in [0.4, 0.5) is 0 Å². The number of hydrogen-bond acceptors (Lipinski definition) is 4. The average molecular weight is 236 g/mol. The van der Waals surface area contributed by atoms with Gasteiger partial charge >= 0.3 is 5.97 Å². The Labute approximate surface area is 100 Å². The van der Waals surface area contributed by atoms with Crippen LogP contribution in [0.3, 0.4) is 0 Å². The van der Waals surface area contributed by atoms with Crippen molar-refractivity contribution in [2.75, 3.05) is 20.3 Å². The Bertz CT molecular complexity index is 359. The minimum absolute atomic E-state index is 0.193. The van der Waals surface area contributed by atoms with Gasteiger partial charge in [-0.05, 0) is 5.56 Å². The Hall–Kier alpha value is -1.39. The molecule has 1 fully saturated rings. The molecule has 2 rings (SSSR count). The van der Waals surface area contributed by atoms with Crippen LogP contribution in [0.15, 0.2) is 30.3 Å². The molecule has 1 heterocycles. The number of esters is 1. The second-order valence-electron chi connectivity index (χ2n) is 3.97. The summed E-state index contributed by atoms with van der Waals surface area (Å²) in [6, 6.07) is 9.68. The van der Waals surface area contributed by atoms with Gasteiger partial charge in [-0.25, -0.2) is 0 Å². The minimum Gasteiger partial charge on any atom is -0.469 e. The van der Waals surface area contributed by atoms with E-state index < -0.39 is 0 Å². The molecule has 0 aromatic heterocycles. The van der Waals surface area contributed by atoms with Crippen molar-refractivity contribution in [3.05, 3.63) is 35.9 Å². The third-order valence-electron chi connectivity index (χ3n) is 2.64. The summed E-state index contributed by atoms with van der Waals surface area (Å²) < 4.78 is 15.5. The van der Waals surface area contributed by atoms with E-state index >= 15 is 0 Å². The molecule has 2 unspecified atom stereocenters. The fraction of sp³-hybridized carbons (Fsp3) is 0.462. The summed E-state index contributed by atoms with van der Waals surface area (Å²) >= 11 is 0. The van der Waals surface area contributed by atoms with Gasteiger partial charge in [-0.3, -0.25) is 4.79 Å². The Kier molecular flexibility index (Phi) is 4.12. The molecule has 1 aliphatic heterocycles. The molecule has 0 bridgehead atoms. The van der Waals surface area contributed by atoms with E-state index in [1.165, 1.54) is 7.11 Å². The minimum atomic E-state index is -0.268.